The molecule has 0 spiro atoms. The largest absolute Gasteiger partial charge is 0.367 e. The van der Waals surface area contributed by atoms with Crippen molar-refractivity contribution >= 4 is 27.4 Å². The molecule has 2 aromatic rings. The number of aromatic nitrogens is 3. The normalized spacial score (nSPS) is 15.2. The van der Waals surface area contributed by atoms with Crippen molar-refractivity contribution in [3.8, 4) is 0 Å². The number of rotatable bonds is 4. The molecule has 0 aromatic carbocycles. The SMILES string of the molecule is O=c1cc(N2CCN(c3ncccc3Br)CC2)cnn1CC(F)F. The third-order valence-electron chi connectivity index (χ3n) is 3.85. The zero-order chi connectivity index (χ0) is 17.1. The molecule has 1 saturated heterocycles. The zero-order valence-electron chi connectivity index (χ0n) is 12.8. The molecule has 1 aliphatic heterocycles. The van der Waals surface area contributed by atoms with Gasteiger partial charge in [-0.3, -0.25) is 4.79 Å². The number of piperazine rings is 1. The average molecular weight is 400 g/mol. The lowest BCUT2D eigenvalue weighted by atomic mass is 10.2. The highest BCUT2D eigenvalue weighted by atomic mass is 79.9. The highest BCUT2D eigenvalue weighted by Gasteiger charge is 2.20. The Bertz CT molecular complexity index is 762. The van der Waals surface area contributed by atoms with E-state index in [1.54, 1.807) is 6.20 Å². The van der Waals surface area contributed by atoms with Crippen LogP contribution in [0.3, 0.4) is 0 Å². The van der Waals surface area contributed by atoms with Crippen LogP contribution in [-0.4, -0.2) is 47.4 Å². The molecule has 0 amide bonds. The quantitative estimate of drug-likeness (QED) is 0.786. The summed E-state index contributed by atoms with van der Waals surface area (Å²) in [5.74, 6) is 0.891. The van der Waals surface area contributed by atoms with Gasteiger partial charge in [0.1, 0.15) is 12.4 Å². The van der Waals surface area contributed by atoms with Crippen LogP contribution in [0.1, 0.15) is 0 Å². The summed E-state index contributed by atoms with van der Waals surface area (Å²) in [4.78, 5) is 20.4. The number of alkyl halides is 2. The minimum absolute atomic E-state index is 0.511. The van der Waals surface area contributed by atoms with Crippen LogP contribution in [0.15, 0.2) is 39.9 Å². The number of halogens is 3. The maximum absolute atomic E-state index is 12.4. The van der Waals surface area contributed by atoms with E-state index in [0.29, 0.717) is 18.8 Å². The summed E-state index contributed by atoms with van der Waals surface area (Å²) in [5.41, 5.74) is 0.146. The molecule has 0 radical (unpaired) electrons. The molecule has 0 saturated carbocycles. The van der Waals surface area contributed by atoms with Gasteiger partial charge in [-0.15, -0.1) is 0 Å². The minimum atomic E-state index is -2.60. The van der Waals surface area contributed by atoms with Crippen molar-refractivity contribution in [1.82, 2.24) is 14.8 Å². The van der Waals surface area contributed by atoms with Crippen LogP contribution in [0.5, 0.6) is 0 Å². The third kappa shape index (κ3) is 3.72. The Balaban J connectivity index is 1.68. The highest BCUT2D eigenvalue weighted by Crippen LogP contribution is 2.24. The Morgan fingerprint density at radius 1 is 1.21 bits per heavy atom. The van der Waals surface area contributed by atoms with Crippen LogP contribution in [-0.2, 0) is 6.54 Å². The molecule has 3 rings (SSSR count). The van der Waals surface area contributed by atoms with Crippen LogP contribution in [0.2, 0.25) is 0 Å². The zero-order valence-corrected chi connectivity index (χ0v) is 14.4. The molecular formula is C15H16BrF2N5O. The van der Waals surface area contributed by atoms with Crippen molar-refractivity contribution in [2.45, 2.75) is 13.0 Å². The number of anilines is 2. The topological polar surface area (TPSA) is 54.3 Å². The number of hydrogen-bond acceptors (Lipinski definition) is 5. The van der Waals surface area contributed by atoms with Crippen molar-refractivity contribution in [3.05, 3.63) is 45.4 Å². The highest BCUT2D eigenvalue weighted by molar-refractivity contribution is 9.10. The summed E-state index contributed by atoms with van der Waals surface area (Å²) in [6.45, 7) is 2.21. The summed E-state index contributed by atoms with van der Waals surface area (Å²) >= 11 is 3.50. The van der Waals surface area contributed by atoms with Gasteiger partial charge in [0.2, 0.25) is 0 Å². The van der Waals surface area contributed by atoms with E-state index >= 15 is 0 Å². The second kappa shape index (κ2) is 7.25. The average Bonchev–Trinajstić information content (AvgIpc) is 2.57. The van der Waals surface area contributed by atoms with Crippen molar-refractivity contribution in [2.75, 3.05) is 36.0 Å². The Morgan fingerprint density at radius 2 is 1.92 bits per heavy atom. The summed E-state index contributed by atoms with van der Waals surface area (Å²) in [5, 5.41) is 3.83. The Kier molecular flexibility index (Phi) is 5.08. The van der Waals surface area contributed by atoms with E-state index in [1.807, 2.05) is 17.0 Å². The van der Waals surface area contributed by atoms with Crippen molar-refractivity contribution in [1.29, 1.82) is 0 Å². The van der Waals surface area contributed by atoms with Crippen molar-refractivity contribution in [2.24, 2.45) is 0 Å². The lowest BCUT2D eigenvalue weighted by molar-refractivity contribution is 0.119. The molecule has 9 heteroatoms. The van der Waals surface area contributed by atoms with Crippen molar-refractivity contribution in [3.63, 3.8) is 0 Å². The van der Waals surface area contributed by atoms with Gasteiger partial charge in [0.05, 0.1) is 16.4 Å². The monoisotopic (exact) mass is 399 g/mol. The van der Waals surface area contributed by atoms with Crippen LogP contribution in [0, 0.1) is 0 Å². The summed E-state index contributed by atoms with van der Waals surface area (Å²) in [6.07, 6.45) is 0.622. The molecule has 0 unspecified atom stereocenters. The van der Waals surface area contributed by atoms with Gasteiger partial charge in [-0.05, 0) is 28.1 Å². The standard InChI is InChI=1S/C15H16BrF2N5O/c16-12-2-1-3-19-15(12)22-6-4-21(5-7-22)11-8-14(24)23(20-9-11)10-13(17)18/h1-3,8-9,13H,4-7,10H2. The predicted octanol–water partition coefficient (Wildman–Crippen LogP) is 1.99. The predicted molar refractivity (Wildman–Crippen MR) is 90.9 cm³/mol. The van der Waals surface area contributed by atoms with Gasteiger partial charge in [0.25, 0.3) is 12.0 Å². The first-order chi connectivity index (χ1) is 11.5. The lowest BCUT2D eigenvalue weighted by Gasteiger charge is -2.36. The van der Waals surface area contributed by atoms with Gasteiger partial charge in [-0.1, -0.05) is 0 Å². The number of pyridine rings is 1. The molecule has 3 heterocycles. The fraction of sp³-hybridized carbons (Fsp3) is 0.400. The number of hydrogen-bond donors (Lipinski definition) is 0. The maximum Gasteiger partial charge on any atom is 0.269 e. The fourth-order valence-corrected chi connectivity index (χ4v) is 3.16. The van der Waals surface area contributed by atoms with Gasteiger partial charge in [-0.2, -0.15) is 5.10 Å². The fourth-order valence-electron chi connectivity index (χ4n) is 2.65. The third-order valence-corrected chi connectivity index (χ3v) is 4.47. The molecule has 2 aromatic heterocycles. The first kappa shape index (κ1) is 16.8. The molecule has 0 N–H and O–H groups in total. The van der Waals surface area contributed by atoms with E-state index in [2.05, 4.69) is 30.9 Å². The molecule has 0 aliphatic carbocycles. The molecule has 0 bridgehead atoms. The molecular weight excluding hydrogens is 384 g/mol. The first-order valence-corrected chi connectivity index (χ1v) is 8.29. The second-order valence-corrected chi connectivity index (χ2v) is 6.26. The molecule has 0 atom stereocenters. The van der Waals surface area contributed by atoms with E-state index in [4.69, 9.17) is 0 Å². The van der Waals surface area contributed by atoms with E-state index in [1.165, 1.54) is 12.3 Å². The van der Waals surface area contributed by atoms with E-state index in [0.717, 1.165) is 28.1 Å². The maximum atomic E-state index is 12.4. The van der Waals surface area contributed by atoms with Crippen LogP contribution in [0.4, 0.5) is 20.3 Å². The molecule has 1 aliphatic rings. The Hall–Kier alpha value is -2.03. The smallest absolute Gasteiger partial charge is 0.269 e. The summed E-state index contributed by atoms with van der Waals surface area (Å²) in [7, 11) is 0. The summed E-state index contributed by atoms with van der Waals surface area (Å²) < 4.78 is 26.5. The van der Waals surface area contributed by atoms with Crippen LogP contribution in [0.25, 0.3) is 0 Å². The molecule has 128 valence electrons. The van der Waals surface area contributed by atoms with E-state index in [-0.39, 0.29) is 0 Å². The lowest BCUT2D eigenvalue weighted by Crippen LogP contribution is -2.47. The molecule has 6 nitrogen and oxygen atoms in total. The molecule has 1 fully saturated rings. The van der Waals surface area contributed by atoms with Crippen LogP contribution < -0.4 is 15.4 Å². The van der Waals surface area contributed by atoms with E-state index < -0.39 is 18.5 Å². The number of nitrogens with zero attached hydrogens (tertiary/aromatic N) is 5. The van der Waals surface area contributed by atoms with E-state index in [9.17, 15) is 13.6 Å². The summed E-state index contributed by atoms with van der Waals surface area (Å²) in [6, 6.07) is 5.17. The van der Waals surface area contributed by atoms with Gasteiger partial charge in [0, 0.05) is 38.4 Å². The van der Waals surface area contributed by atoms with Crippen molar-refractivity contribution < 1.29 is 8.78 Å². The second-order valence-electron chi connectivity index (χ2n) is 5.41. The van der Waals surface area contributed by atoms with Gasteiger partial charge in [-0.25, -0.2) is 18.4 Å². The van der Waals surface area contributed by atoms with Crippen LogP contribution >= 0.6 is 15.9 Å². The first-order valence-electron chi connectivity index (χ1n) is 7.50. The Morgan fingerprint density at radius 3 is 2.54 bits per heavy atom. The van der Waals surface area contributed by atoms with Gasteiger partial charge >= 0.3 is 0 Å². The minimum Gasteiger partial charge on any atom is -0.367 e. The van der Waals surface area contributed by atoms with Gasteiger partial charge < -0.3 is 9.80 Å². The Labute approximate surface area is 145 Å². The molecule has 24 heavy (non-hydrogen) atoms. The van der Waals surface area contributed by atoms with Gasteiger partial charge in [0.15, 0.2) is 0 Å².